The standard InChI is InChI=1S/C19H28ClN3O/c1-22(19(24)18-7-4-11-21-18)16-9-13-23(14-10-16)12-8-15-5-2-3-6-17(15)20/h2-3,5-6,16,18,21H,4,7-14H2,1H3/t18-/m0/s1. The number of halogens is 1. The number of piperidine rings is 1. The molecule has 0 saturated carbocycles. The number of likely N-dealkylation sites (tertiary alicyclic amines) is 1. The van der Waals surface area contributed by atoms with E-state index >= 15 is 0 Å². The lowest BCUT2D eigenvalue weighted by Crippen LogP contribution is -2.50. The molecule has 1 amide bonds. The van der Waals surface area contributed by atoms with Crippen molar-refractivity contribution in [3.05, 3.63) is 34.9 Å². The third-order valence-corrected chi connectivity index (χ3v) is 5.83. The molecule has 132 valence electrons. The van der Waals surface area contributed by atoms with E-state index in [4.69, 9.17) is 11.6 Å². The van der Waals surface area contributed by atoms with E-state index in [1.807, 2.05) is 30.1 Å². The van der Waals surface area contributed by atoms with Crippen LogP contribution in [0.4, 0.5) is 0 Å². The Bertz CT molecular complexity index is 551. The van der Waals surface area contributed by atoms with Crippen LogP contribution in [0.25, 0.3) is 0 Å². The fourth-order valence-electron chi connectivity index (χ4n) is 3.83. The van der Waals surface area contributed by atoms with Gasteiger partial charge in [-0.1, -0.05) is 29.8 Å². The molecule has 2 heterocycles. The number of hydrogen-bond donors (Lipinski definition) is 1. The molecular formula is C19H28ClN3O. The van der Waals surface area contributed by atoms with Gasteiger partial charge in [-0.25, -0.2) is 0 Å². The zero-order valence-corrected chi connectivity index (χ0v) is 15.3. The van der Waals surface area contributed by atoms with Gasteiger partial charge >= 0.3 is 0 Å². The van der Waals surface area contributed by atoms with Crippen molar-refractivity contribution in [2.45, 2.75) is 44.2 Å². The molecule has 0 aliphatic carbocycles. The van der Waals surface area contributed by atoms with Crippen molar-refractivity contribution in [1.29, 1.82) is 0 Å². The predicted molar refractivity (Wildman–Crippen MR) is 98.4 cm³/mol. The summed E-state index contributed by atoms with van der Waals surface area (Å²) in [6, 6.07) is 8.52. The summed E-state index contributed by atoms with van der Waals surface area (Å²) in [7, 11) is 1.98. The van der Waals surface area contributed by atoms with Gasteiger partial charge in [0.2, 0.25) is 5.91 Å². The zero-order chi connectivity index (χ0) is 16.9. The Kier molecular flexibility index (Phi) is 6.14. The summed E-state index contributed by atoms with van der Waals surface area (Å²) < 4.78 is 0. The molecule has 2 aliphatic rings. The first kappa shape index (κ1) is 17.7. The molecule has 0 unspecified atom stereocenters. The predicted octanol–water partition coefficient (Wildman–Crippen LogP) is 2.56. The van der Waals surface area contributed by atoms with Crippen LogP contribution in [-0.2, 0) is 11.2 Å². The second-order valence-corrected chi connectivity index (χ2v) is 7.42. The van der Waals surface area contributed by atoms with Gasteiger partial charge in [0, 0.05) is 37.7 Å². The Morgan fingerprint density at radius 1 is 1.29 bits per heavy atom. The molecule has 2 saturated heterocycles. The summed E-state index contributed by atoms with van der Waals surface area (Å²) in [6.07, 6.45) is 5.23. The molecule has 0 radical (unpaired) electrons. The monoisotopic (exact) mass is 349 g/mol. The van der Waals surface area contributed by atoms with Gasteiger partial charge in [-0.3, -0.25) is 4.79 Å². The summed E-state index contributed by atoms with van der Waals surface area (Å²) in [5.74, 6) is 0.280. The summed E-state index contributed by atoms with van der Waals surface area (Å²) in [4.78, 5) is 17.0. The van der Waals surface area contributed by atoms with Crippen LogP contribution >= 0.6 is 11.6 Å². The lowest BCUT2D eigenvalue weighted by Gasteiger charge is -2.37. The number of amides is 1. The lowest BCUT2D eigenvalue weighted by atomic mass is 10.0. The third kappa shape index (κ3) is 4.29. The van der Waals surface area contributed by atoms with Crippen molar-refractivity contribution in [2.24, 2.45) is 0 Å². The van der Waals surface area contributed by atoms with Crippen molar-refractivity contribution in [3.8, 4) is 0 Å². The molecule has 5 heteroatoms. The molecule has 0 aromatic heterocycles. The van der Waals surface area contributed by atoms with E-state index in [1.54, 1.807) is 0 Å². The van der Waals surface area contributed by atoms with Crippen molar-refractivity contribution >= 4 is 17.5 Å². The number of likely N-dealkylation sites (N-methyl/N-ethyl adjacent to an activating group) is 1. The first-order chi connectivity index (χ1) is 11.6. The highest BCUT2D eigenvalue weighted by molar-refractivity contribution is 6.31. The van der Waals surface area contributed by atoms with Gasteiger partial charge in [-0.2, -0.15) is 0 Å². The largest absolute Gasteiger partial charge is 0.341 e. The van der Waals surface area contributed by atoms with Gasteiger partial charge in [0.1, 0.15) is 0 Å². The lowest BCUT2D eigenvalue weighted by molar-refractivity contribution is -0.134. The number of hydrogen-bond acceptors (Lipinski definition) is 3. The number of carbonyl (C=O) groups excluding carboxylic acids is 1. The molecule has 0 bridgehead atoms. The van der Waals surface area contributed by atoms with Gasteiger partial charge in [0.05, 0.1) is 6.04 Å². The molecule has 3 rings (SSSR count). The van der Waals surface area contributed by atoms with E-state index in [0.29, 0.717) is 6.04 Å². The molecule has 2 aliphatic heterocycles. The van der Waals surface area contributed by atoms with E-state index in [-0.39, 0.29) is 11.9 Å². The van der Waals surface area contributed by atoms with Crippen molar-refractivity contribution < 1.29 is 4.79 Å². The average Bonchev–Trinajstić information content (AvgIpc) is 3.15. The maximum atomic E-state index is 12.5. The summed E-state index contributed by atoms with van der Waals surface area (Å²) in [5.41, 5.74) is 1.22. The van der Waals surface area contributed by atoms with Crippen LogP contribution in [0.3, 0.4) is 0 Å². The minimum Gasteiger partial charge on any atom is -0.341 e. The molecule has 1 N–H and O–H groups in total. The van der Waals surface area contributed by atoms with Gasteiger partial charge in [0.15, 0.2) is 0 Å². The molecule has 4 nitrogen and oxygen atoms in total. The Hall–Kier alpha value is -1.10. The van der Waals surface area contributed by atoms with Crippen molar-refractivity contribution in [3.63, 3.8) is 0 Å². The Morgan fingerprint density at radius 3 is 2.71 bits per heavy atom. The molecule has 24 heavy (non-hydrogen) atoms. The van der Waals surface area contributed by atoms with E-state index in [9.17, 15) is 4.79 Å². The van der Waals surface area contributed by atoms with E-state index < -0.39 is 0 Å². The second-order valence-electron chi connectivity index (χ2n) is 7.01. The highest BCUT2D eigenvalue weighted by Gasteiger charge is 2.30. The highest BCUT2D eigenvalue weighted by Crippen LogP contribution is 2.20. The molecular weight excluding hydrogens is 322 g/mol. The summed E-state index contributed by atoms with van der Waals surface area (Å²) >= 11 is 6.24. The topological polar surface area (TPSA) is 35.6 Å². The van der Waals surface area contributed by atoms with Crippen molar-refractivity contribution in [1.82, 2.24) is 15.1 Å². The summed E-state index contributed by atoms with van der Waals surface area (Å²) in [6.45, 7) is 4.14. The number of rotatable bonds is 5. The van der Waals surface area contributed by atoms with Crippen LogP contribution in [0, 0.1) is 0 Å². The number of benzene rings is 1. The molecule has 2 fully saturated rings. The normalized spacial score (nSPS) is 22.7. The molecule has 0 spiro atoms. The number of nitrogens with zero attached hydrogens (tertiary/aromatic N) is 2. The number of nitrogens with one attached hydrogen (secondary N) is 1. The Labute approximate surface area is 150 Å². The third-order valence-electron chi connectivity index (χ3n) is 5.47. The smallest absolute Gasteiger partial charge is 0.239 e. The van der Waals surface area contributed by atoms with Crippen molar-refractivity contribution in [2.75, 3.05) is 33.2 Å². The van der Waals surface area contributed by atoms with Gasteiger partial charge in [0.25, 0.3) is 0 Å². The molecule has 1 aromatic rings. The SMILES string of the molecule is CN(C(=O)[C@@H]1CCCN1)C1CCN(CCc2ccccc2Cl)CC1. The zero-order valence-electron chi connectivity index (χ0n) is 14.5. The summed E-state index contributed by atoms with van der Waals surface area (Å²) in [5, 5.41) is 4.18. The highest BCUT2D eigenvalue weighted by atomic mass is 35.5. The van der Waals surface area contributed by atoms with Crippen LogP contribution < -0.4 is 5.32 Å². The first-order valence-electron chi connectivity index (χ1n) is 9.11. The maximum absolute atomic E-state index is 12.5. The molecule has 1 aromatic carbocycles. The fraction of sp³-hybridized carbons (Fsp3) is 0.632. The Balaban J connectivity index is 1.43. The minimum absolute atomic E-state index is 0.0493. The van der Waals surface area contributed by atoms with E-state index in [1.165, 1.54) is 5.56 Å². The minimum atomic E-state index is 0.0493. The van der Waals surface area contributed by atoms with Crippen LogP contribution in [-0.4, -0.2) is 61.0 Å². The van der Waals surface area contributed by atoms with Crippen LogP contribution in [0.5, 0.6) is 0 Å². The van der Waals surface area contributed by atoms with Crippen LogP contribution in [0.15, 0.2) is 24.3 Å². The van der Waals surface area contributed by atoms with E-state index in [2.05, 4.69) is 16.3 Å². The van der Waals surface area contributed by atoms with Gasteiger partial charge in [-0.15, -0.1) is 0 Å². The van der Waals surface area contributed by atoms with Crippen LogP contribution in [0.2, 0.25) is 5.02 Å². The fourth-order valence-corrected chi connectivity index (χ4v) is 4.06. The van der Waals surface area contributed by atoms with E-state index in [0.717, 1.165) is 63.3 Å². The molecule has 1 atom stereocenters. The van der Waals surface area contributed by atoms with Crippen LogP contribution in [0.1, 0.15) is 31.2 Å². The first-order valence-corrected chi connectivity index (χ1v) is 9.49. The average molecular weight is 350 g/mol. The maximum Gasteiger partial charge on any atom is 0.239 e. The quantitative estimate of drug-likeness (QED) is 0.887. The number of carbonyl (C=O) groups is 1. The van der Waals surface area contributed by atoms with Gasteiger partial charge < -0.3 is 15.1 Å². The van der Waals surface area contributed by atoms with Gasteiger partial charge in [-0.05, 0) is 50.3 Å². The second kappa shape index (κ2) is 8.32. The Morgan fingerprint density at radius 2 is 2.04 bits per heavy atom.